The van der Waals surface area contributed by atoms with Crippen LogP contribution in [0.15, 0.2) is 29.2 Å². The number of carbonyl (C=O) groups is 1. The summed E-state index contributed by atoms with van der Waals surface area (Å²) in [5.41, 5.74) is 0. The molecule has 8 nitrogen and oxygen atoms in total. The van der Waals surface area contributed by atoms with Crippen LogP contribution in [0.4, 0.5) is 0 Å². The third kappa shape index (κ3) is 3.95. The van der Waals surface area contributed by atoms with Gasteiger partial charge in [-0.3, -0.25) is 9.69 Å². The smallest absolute Gasteiger partial charge is 0.317 e. The molecule has 0 amide bonds. The number of hydrogen-bond acceptors (Lipinski definition) is 6. The van der Waals surface area contributed by atoms with Gasteiger partial charge >= 0.3 is 5.97 Å². The van der Waals surface area contributed by atoms with Gasteiger partial charge in [0.1, 0.15) is 5.75 Å². The summed E-state index contributed by atoms with van der Waals surface area (Å²) in [6.07, 6.45) is 0. The van der Waals surface area contributed by atoms with Crippen LogP contribution in [-0.4, -0.2) is 81.2 Å². The van der Waals surface area contributed by atoms with Gasteiger partial charge in [-0.1, -0.05) is 6.07 Å². The highest BCUT2D eigenvalue weighted by atomic mass is 32.2. The van der Waals surface area contributed by atoms with Crippen LogP contribution in [0, 0.1) is 5.92 Å². The normalized spacial score (nSPS) is 25.3. The number of hydrogen-bond donors (Lipinski definition) is 1. The monoisotopic (exact) mass is 370 g/mol. The summed E-state index contributed by atoms with van der Waals surface area (Å²) >= 11 is 0. The minimum absolute atomic E-state index is 0.0627. The van der Waals surface area contributed by atoms with Crippen LogP contribution in [0.3, 0.4) is 0 Å². The van der Waals surface area contributed by atoms with Gasteiger partial charge in [-0.05, 0) is 12.1 Å². The van der Waals surface area contributed by atoms with E-state index in [0.717, 1.165) is 0 Å². The van der Waals surface area contributed by atoms with Crippen molar-refractivity contribution in [2.24, 2.45) is 5.92 Å². The maximum absolute atomic E-state index is 13.1. The van der Waals surface area contributed by atoms with Crippen molar-refractivity contribution in [1.82, 2.24) is 9.21 Å². The Morgan fingerprint density at radius 2 is 2.12 bits per heavy atom. The molecule has 3 rings (SSSR count). The minimum Gasteiger partial charge on any atom is -0.497 e. The second kappa shape index (κ2) is 7.28. The summed E-state index contributed by atoms with van der Waals surface area (Å²) in [6, 6.07) is 6.11. The fourth-order valence-corrected chi connectivity index (χ4v) is 4.95. The van der Waals surface area contributed by atoms with Gasteiger partial charge in [-0.15, -0.1) is 0 Å². The number of carboxylic acids is 1. The van der Waals surface area contributed by atoms with Crippen LogP contribution in [0.25, 0.3) is 0 Å². The zero-order valence-corrected chi connectivity index (χ0v) is 14.8. The van der Waals surface area contributed by atoms with Crippen molar-refractivity contribution in [3.8, 4) is 5.75 Å². The van der Waals surface area contributed by atoms with E-state index < -0.39 is 16.0 Å². The lowest BCUT2D eigenvalue weighted by Gasteiger charge is -2.30. The van der Waals surface area contributed by atoms with E-state index in [9.17, 15) is 13.2 Å². The lowest BCUT2D eigenvalue weighted by Crippen LogP contribution is -2.47. The third-order valence-electron chi connectivity index (χ3n) is 4.57. The predicted octanol–water partition coefficient (Wildman–Crippen LogP) is 0.101. The van der Waals surface area contributed by atoms with Gasteiger partial charge in [0.05, 0.1) is 31.8 Å². The number of fused-ring (bicyclic) bond motifs is 3. The van der Waals surface area contributed by atoms with Crippen molar-refractivity contribution in [1.29, 1.82) is 0 Å². The summed E-state index contributed by atoms with van der Waals surface area (Å²) in [5, 5.41) is 9.11. The van der Waals surface area contributed by atoms with Crippen LogP contribution in [0.2, 0.25) is 0 Å². The first-order valence-electron chi connectivity index (χ1n) is 8.08. The van der Waals surface area contributed by atoms with Crippen molar-refractivity contribution in [2.75, 3.05) is 46.5 Å². The first kappa shape index (κ1) is 18.1. The van der Waals surface area contributed by atoms with Gasteiger partial charge in [0, 0.05) is 37.7 Å². The van der Waals surface area contributed by atoms with Gasteiger partial charge in [0.2, 0.25) is 10.0 Å². The van der Waals surface area contributed by atoms with E-state index in [1.807, 2.05) is 0 Å². The van der Waals surface area contributed by atoms with Gasteiger partial charge in [-0.2, -0.15) is 4.31 Å². The summed E-state index contributed by atoms with van der Waals surface area (Å²) in [6.45, 7) is 1.68. The standard InChI is InChI=1S/C16H22N2O6S/c1-23-14-3-2-4-15(5-14)25(21,22)18-7-12-6-17(9-16(19)20)13(8-18)11-24-10-12/h2-5,12-13H,6-11H2,1H3,(H,19,20)/t12-,13+/m1/s1. The van der Waals surface area contributed by atoms with E-state index in [4.69, 9.17) is 14.6 Å². The van der Waals surface area contributed by atoms with E-state index >= 15 is 0 Å². The van der Waals surface area contributed by atoms with E-state index in [1.165, 1.54) is 17.5 Å². The molecule has 25 heavy (non-hydrogen) atoms. The van der Waals surface area contributed by atoms with E-state index in [-0.39, 0.29) is 29.9 Å². The van der Waals surface area contributed by atoms with E-state index in [1.54, 1.807) is 23.1 Å². The summed E-state index contributed by atoms with van der Waals surface area (Å²) in [7, 11) is -2.20. The number of carboxylic acid groups (broad SMARTS) is 1. The number of nitrogens with zero attached hydrogens (tertiary/aromatic N) is 2. The van der Waals surface area contributed by atoms with Crippen molar-refractivity contribution < 1.29 is 27.8 Å². The summed E-state index contributed by atoms with van der Waals surface area (Å²) < 4.78 is 38.3. The van der Waals surface area contributed by atoms with Crippen LogP contribution in [0.5, 0.6) is 5.75 Å². The molecule has 0 aromatic heterocycles. The lowest BCUT2D eigenvalue weighted by atomic mass is 10.1. The molecule has 2 bridgehead atoms. The molecule has 0 spiro atoms. The molecule has 0 saturated carbocycles. The molecular weight excluding hydrogens is 348 g/mol. The topological polar surface area (TPSA) is 96.4 Å². The second-order valence-corrected chi connectivity index (χ2v) is 8.32. The molecule has 2 aliphatic heterocycles. The number of aliphatic carboxylic acids is 1. The average Bonchev–Trinajstić information content (AvgIpc) is 2.84. The Morgan fingerprint density at radius 1 is 1.32 bits per heavy atom. The molecule has 138 valence electrons. The van der Waals surface area contributed by atoms with Crippen molar-refractivity contribution in [3.63, 3.8) is 0 Å². The molecule has 2 aliphatic rings. The number of sulfonamides is 1. The van der Waals surface area contributed by atoms with Gasteiger partial charge < -0.3 is 14.6 Å². The number of rotatable bonds is 5. The molecule has 2 fully saturated rings. The van der Waals surface area contributed by atoms with Crippen LogP contribution < -0.4 is 4.74 Å². The molecule has 0 unspecified atom stereocenters. The Kier molecular flexibility index (Phi) is 5.28. The third-order valence-corrected chi connectivity index (χ3v) is 6.39. The largest absolute Gasteiger partial charge is 0.497 e. The van der Waals surface area contributed by atoms with Crippen LogP contribution in [-0.2, 0) is 19.6 Å². The molecule has 1 aromatic carbocycles. The predicted molar refractivity (Wildman–Crippen MR) is 89.1 cm³/mol. The van der Waals surface area contributed by atoms with Crippen molar-refractivity contribution >= 4 is 16.0 Å². The molecule has 2 saturated heterocycles. The van der Waals surface area contributed by atoms with Gasteiger partial charge in [0.25, 0.3) is 0 Å². The Labute approximate surface area is 147 Å². The minimum atomic E-state index is -3.69. The van der Waals surface area contributed by atoms with Gasteiger partial charge in [0.15, 0.2) is 0 Å². The quantitative estimate of drug-likeness (QED) is 0.785. The first-order chi connectivity index (χ1) is 11.9. The highest BCUT2D eigenvalue weighted by Gasteiger charge is 2.38. The maximum Gasteiger partial charge on any atom is 0.317 e. The SMILES string of the molecule is COc1cccc(S(=O)(=O)N2C[C@@H]3COC[C@H](C2)N(CC(=O)O)C3)c1. The summed E-state index contributed by atoms with van der Waals surface area (Å²) in [5.74, 6) is -0.506. The van der Waals surface area contributed by atoms with Crippen molar-refractivity contribution in [3.05, 3.63) is 24.3 Å². The fourth-order valence-electron chi connectivity index (χ4n) is 3.36. The number of ether oxygens (including phenoxy) is 2. The van der Waals surface area contributed by atoms with Crippen LogP contribution in [0.1, 0.15) is 0 Å². The molecule has 0 radical (unpaired) electrons. The molecule has 9 heteroatoms. The second-order valence-electron chi connectivity index (χ2n) is 6.38. The first-order valence-corrected chi connectivity index (χ1v) is 9.52. The fraction of sp³-hybridized carbons (Fsp3) is 0.562. The summed E-state index contributed by atoms with van der Waals surface area (Å²) in [4.78, 5) is 13.1. The van der Waals surface area contributed by atoms with E-state index in [2.05, 4.69) is 0 Å². The van der Waals surface area contributed by atoms with E-state index in [0.29, 0.717) is 32.1 Å². The Hall–Kier alpha value is -1.68. The number of benzene rings is 1. The van der Waals surface area contributed by atoms with Gasteiger partial charge in [-0.25, -0.2) is 8.42 Å². The maximum atomic E-state index is 13.1. The molecule has 2 heterocycles. The molecule has 0 aliphatic carbocycles. The van der Waals surface area contributed by atoms with Crippen LogP contribution >= 0.6 is 0 Å². The highest BCUT2D eigenvalue weighted by molar-refractivity contribution is 7.89. The number of methoxy groups -OCH3 is 1. The Morgan fingerprint density at radius 3 is 2.84 bits per heavy atom. The Balaban J connectivity index is 1.88. The molecule has 2 atom stereocenters. The zero-order chi connectivity index (χ0) is 18.0. The Bertz CT molecular complexity index is 738. The molecule has 1 N–H and O–H groups in total. The zero-order valence-electron chi connectivity index (χ0n) is 14.0. The lowest BCUT2D eigenvalue weighted by molar-refractivity contribution is -0.139. The highest BCUT2D eigenvalue weighted by Crippen LogP contribution is 2.26. The van der Waals surface area contributed by atoms with Crippen molar-refractivity contribution in [2.45, 2.75) is 10.9 Å². The molecular formula is C16H22N2O6S. The average molecular weight is 370 g/mol. The molecule has 1 aromatic rings.